The zero-order valence-corrected chi connectivity index (χ0v) is 9.65. The van der Waals surface area contributed by atoms with Gasteiger partial charge in [-0.1, -0.05) is 42.5 Å². The summed E-state index contributed by atoms with van der Waals surface area (Å²) in [4.78, 5) is 0. The Balaban J connectivity index is 2.42. The summed E-state index contributed by atoms with van der Waals surface area (Å²) in [6.45, 7) is 1.86. The van der Waals surface area contributed by atoms with Crippen molar-refractivity contribution in [3.63, 3.8) is 0 Å². The first kappa shape index (κ1) is 11.8. The van der Waals surface area contributed by atoms with Crippen LogP contribution in [0.1, 0.15) is 22.7 Å². The smallest absolute Gasteiger partial charge is 0.128 e. The Bertz CT molecular complexity index is 497. The van der Waals surface area contributed by atoms with E-state index in [9.17, 15) is 4.39 Å². The summed E-state index contributed by atoms with van der Waals surface area (Å²) in [5.74, 6) is 5.29. The Kier molecular flexibility index (Phi) is 3.52. The predicted octanol–water partition coefficient (Wildman–Crippen LogP) is 2.69. The van der Waals surface area contributed by atoms with E-state index in [2.05, 4.69) is 5.43 Å². The minimum atomic E-state index is -0.322. The summed E-state index contributed by atoms with van der Waals surface area (Å²) in [5.41, 5.74) is 5.06. The highest BCUT2D eigenvalue weighted by atomic mass is 19.1. The molecule has 0 aliphatic carbocycles. The number of hydrazine groups is 1. The Morgan fingerprint density at radius 2 is 1.82 bits per heavy atom. The average Bonchev–Trinajstić information content (AvgIpc) is 2.34. The van der Waals surface area contributed by atoms with Crippen LogP contribution in [0.15, 0.2) is 48.5 Å². The van der Waals surface area contributed by atoms with Crippen LogP contribution in [-0.4, -0.2) is 0 Å². The van der Waals surface area contributed by atoms with E-state index in [1.54, 1.807) is 6.07 Å². The van der Waals surface area contributed by atoms with E-state index in [1.807, 2.05) is 43.3 Å². The van der Waals surface area contributed by atoms with Gasteiger partial charge in [-0.25, -0.2) is 9.82 Å². The van der Waals surface area contributed by atoms with Gasteiger partial charge in [0.05, 0.1) is 6.04 Å². The van der Waals surface area contributed by atoms with Crippen LogP contribution in [0.2, 0.25) is 0 Å². The fourth-order valence-corrected chi connectivity index (χ4v) is 1.88. The van der Waals surface area contributed by atoms with Gasteiger partial charge in [0.1, 0.15) is 5.82 Å². The maximum atomic E-state index is 13.9. The molecule has 0 spiro atoms. The lowest BCUT2D eigenvalue weighted by Gasteiger charge is -2.17. The second-order valence-corrected chi connectivity index (χ2v) is 4.04. The van der Waals surface area contributed by atoms with Crippen molar-refractivity contribution in [1.29, 1.82) is 0 Å². The molecule has 17 heavy (non-hydrogen) atoms. The van der Waals surface area contributed by atoms with Gasteiger partial charge in [-0.05, 0) is 24.1 Å². The van der Waals surface area contributed by atoms with Crippen LogP contribution in [0.5, 0.6) is 0 Å². The third-order valence-corrected chi connectivity index (χ3v) is 2.77. The monoisotopic (exact) mass is 230 g/mol. The second kappa shape index (κ2) is 5.08. The number of aryl methyl sites for hydroxylation is 1. The number of hydrogen-bond donors (Lipinski definition) is 2. The molecule has 1 unspecified atom stereocenters. The van der Waals surface area contributed by atoms with Crippen molar-refractivity contribution in [2.24, 2.45) is 5.84 Å². The summed E-state index contributed by atoms with van der Waals surface area (Å²) >= 11 is 0. The Hall–Kier alpha value is -1.71. The second-order valence-electron chi connectivity index (χ2n) is 4.04. The summed E-state index contributed by atoms with van der Waals surface area (Å²) in [6.07, 6.45) is 0. The lowest BCUT2D eigenvalue weighted by Crippen LogP contribution is -2.29. The first-order chi connectivity index (χ1) is 8.22. The molecular weight excluding hydrogens is 215 g/mol. The molecule has 0 saturated heterocycles. The van der Waals surface area contributed by atoms with Gasteiger partial charge in [0.2, 0.25) is 0 Å². The summed E-state index contributed by atoms with van der Waals surface area (Å²) in [6, 6.07) is 14.4. The molecule has 0 aromatic heterocycles. The first-order valence-electron chi connectivity index (χ1n) is 5.49. The Morgan fingerprint density at radius 1 is 1.12 bits per heavy atom. The molecule has 2 nitrogen and oxygen atoms in total. The van der Waals surface area contributed by atoms with E-state index in [0.29, 0.717) is 5.56 Å². The van der Waals surface area contributed by atoms with Gasteiger partial charge >= 0.3 is 0 Å². The number of benzene rings is 2. The lowest BCUT2D eigenvalue weighted by molar-refractivity contribution is 0.559. The van der Waals surface area contributed by atoms with E-state index in [1.165, 1.54) is 6.07 Å². The van der Waals surface area contributed by atoms with Crippen LogP contribution in [0.4, 0.5) is 4.39 Å². The zero-order valence-electron chi connectivity index (χ0n) is 9.65. The summed E-state index contributed by atoms with van der Waals surface area (Å²) < 4.78 is 13.9. The van der Waals surface area contributed by atoms with Gasteiger partial charge in [0.25, 0.3) is 0 Å². The third-order valence-electron chi connectivity index (χ3n) is 2.77. The van der Waals surface area contributed by atoms with Crippen LogP contribution in [0.3, 0.4) is 0 Å². The zero-order chi connectivity index (χ0) is 12.3. The molecule has 0 heterocycles. The number of halogens is 1. The van der Waals surface area contributed by atoms with Gasteiger partial charge in [0.15, 0.2) is 0 Å². The predicted molar refractivity (Wildman–Crippen MR) is 66.7 cm³/mol. The molecule has 0 amide bonds. The van der Waals surface area contributed by atoms with Crippen LogP contribution in [0, 0.1) is 12.7 Å². The average molecular weight is 230 g/mol. The number of nitrogens with two attached hydrogens (primary N) is 1. The quantitative estimate of drug-likeness (QED) is 0.628. The minimum absolute atomic E-state index is 0.239. The standard InChI is InChI=1S/C14H15FN2/c1-10-7-8-12(13(15)9-10)14(17-16)11-5-3-2-4-6-11/h2-9,14,17H,16H2,1H3. The molecule has 2 rings (SSSR count). The summed E-state index contributed by atoms with van der Waals surface area (Å²) in [5, 5.41) is 0. The molecule has 3 heteroatoms. The fraction of sp³-hybridized carbons (Fsp3) is 0.143. The van der Waals surface area contributed by atoms with Gasteiger partial charge < -0.3 is 0 Å². The number of nitrogens with one attached hydrogen (secondary N) is 1. The van der Waals surface area contributed by atoms with Crippen LogP contribution in [0.25, 0.3) is 0 Å². The van der Waals surface area contributed by atoms with E-state index in [0.717, 1.165) is 11.1 Å². The summed E-state index contributed by atoms with van der Waals surface area (Å²) in [7, 11) is 0. The Morgan fingerprint density at radius 3 is 2.41 bits per heavy atom. The SMILES string of the molecule is Cc1ccc(C(NN)c2ccccc2)c(F)c1. The van der Waals surface area contributed by atoms with Crippen molar-refractivity contribution in [2.75, 3.05) is 0 Å². The molecule has 2 aromatic rings. The van der Waals surface area contributed by atoms with Crippen LogP contribution < -0.4 is 11.3 Å². The van der Waals surface area contributed by atoms with Gasteiger partial charge in [-0.2, -0.15) is 0 Å². The molecule has 88 valence electrons. The van der Waals surface area contributed by atoms with Gasteiger partial charge in [0, 0.05) is 5.56 Å². The molecule has 1 atom stereocenters. The highest BCUT2D eigenvalue weighted by molar-refractivity contribution is 5.34. The highest BCUT2D eigenvalue weighted by Gasteiger charge is 2.15. The van der Waals surface area contributed by atoms with Crippen molar-refractivity contribution < 1.29 is 4.39 Å². The first-order valence-corrected chi connectivity index (χ1v) is 5.49. The molecule has 0 aliphatic heterocycles. The van der Waals surface area contributed by atoms with Crippen molar-refractivity contribution in [2.45, 2.75) is 13.0 Å². The fourth-order valence-electron chi connectivity index (χ4n) is 1.88. The van der Waals surface area contributed by atoms with Gasteiger partial charge in [-0.3, -0.25) is 5.84 Å². The van der Waals surface area contributed by atoms with Crippen LogP contribution in [-0.2, 0) is 0 Å². The van der Waals surface area contributed by atoms with Crippen LogP contribution >= 0.6 is 0 Å². The number of hydrogen-bond acceptors (Lipinski definition) is 2. The van der Waals surface area contributed by atoms with Crippen molar-refractivity contribution in [3.8, 4) is 0 Å². The van der Waals surface area contributed by atoms with E-state index in [4.69, 9.17) is 5.84 Å². The Labute approximate surface area is 100 Å². The van der Waals surface area contributed by atoms with E-state index < -0.39 is 0 Å². The third kappa shape index (κ3) is 2.52. The molecule has 0 bridgehead atoms. The molecule has 2 aromatic carbocycles. The maximum Gasteiger partial charge on any atom is 0.128 e. The molecule has 0 saturated carbocycles. The normalized spacial score (nSPS) is 12.4. The topological polar surface area (TPSA) is 38.0 Å². The van der Waals surface area contributed by atoms with E-state index in [-0.39, 0.29) is 11.9 Å². The molecule has 0 aliphatic rings. The van der Waals surface area contributed by atoms with Crippen molar-refractivity contribution in [1.82, 2.24) is 5.43 Å². The van der Waals surface area contributed by atoms with Gasteiger partial charge in [-0.15, -0.1) is 0 Å². The number of rotatable bonds is 3. The van der Waals surface area contributed by atoms with Crippen molar-refractivity contribution >= 4 is 0 Å². The maximum absolute atomic E-state index is 13.9. The molecular formula is C14H15FN2. The van der Waals surface area contributed by atoms with Crippen molar-refractivity contribution in [3.05, 3.63) is 71.0 Å². The molecule has 0 fully saturated rings. The molecule has 0 radical (unpaired) electrons. The lowest BCUT2D eigenvalue weighted by atomic mass is 9.98. The largest absolute Gasteiger partial charge is 0.271 e. The minimum Gasteiger partial charge on any atom is -0.271 e. The molecule has 3 N–H and O–H groups in total. The highest BCUT2D eigenvalue weighted by Crippen LogP contribution is 2.24. The van der Waals surface area contributed by atoms with E-state index >= 15 is 0 Å².